The third-order valence-corrected chi connectivity index (χ3v) is 5.88. The first-order chi connectivity index (χ1) is 15.7. The summed E-state index contributed by atoms with van der Waals surface area (Å²) in [6.45, 7) is 7.81. The Labute approximate surface area is 187 Å². The summed E-state index contributed by atoms with van der Waals surface area (Å²) in [5, 5.41) is 4.25. The highest BCUT2D eigenvalue weighted by Gasteiger charge is 2.24. The van der Waals surface area contributed by atoms with Gasteiger partial charge in [-0.3, -0.25) is 4.79 Å². The number of morpholine rings is 1. The lowest BCUT2D eigenvalue weighted by molar-refractivity contribution is 0.0746. The van der Waals surface area contributed by atoms with Crippen molar-refractivity contribution >= 4 is 17.7 Å². The maximum absolute atomic E-state index is 13.1. The van der Waals surface area contributed by atoms with Crippen LogP contribution in [0, 0.1) is 6.92 Å². The van der Waals surface area contributed by atoms with Crippen molar-refractivity contribution in [3.05, 3.63) is 60.0 Å². The summed E-state index contributed by atoms with van der Waals surface area (Å²) in [6.07, 6.45) is 3.60. The zero-order valence-electron chi connectivity index (χ0n) is 18.2. The Morgan fingerprint density at radius 2 is 1.75 bits per heavy atom. The fourth-order valence-electron chi connectivity index (χ4n) is 4.13. The zero-order valence-corrected chi connectivity index (χ0v) is 18.2. The summed E-state index contributed by atoms with van der Waals surface area (Å²) in [6, 6.07) is 11.5. The lowest BCUT2D eigenvalue weighted by Crippen LogP contribution is -2.49. The van der Waals surface area contributed by atoms with Crippen molar-refractivity contribution in [2.24, 2.45) is 0 Å². The standard InChI is InChI=1S/C23H27N7O2/c1-18-16-21(26-23(25-18)29-12-14-32-15-13-29)27-8-10-28(11-9-27)22(31)19-4-2-5-20(17-19)30-7-3-6-24-30/h2-7,16-17H,8-15H2,1H3. The van der Waals surface area contributed by atoms with E-state index in [0.717, 1.165) is 49.3 Å². The van der Waals surface area contributed by atoms with Crippen molar-refractivity contribution in [3.63, 3.8) is 0 Å². The first kappa shape index (κ1) is 20.4. The van der Waals surface area contributed by atoms with E-state index in [2.05, 4.69) is 19.9 Å². The van der Waals surface area contributed by atoms with Crippen LogP contribution in [0.4, 0.5) is 11.8 Å². The molecule has 0 bridgehead atoms. The number of hydrogen-bond donors (Lipinski definition) is 0. The lowest BCUT2D eigenvalue weighted by atomic mass is 10.1. The van der Waals surface area contributed by atoms with Gasteiger partial charge in [-0.25, -0.2) is 9.67 Å². The molecule has 5 rings (SSSR count). The van der Waals surface area contributed by atoms with Gasteiger partial charge in [-0.2, -0.15) is 10.1 Å². The number of nitrogens with zero attached hydrogens (tertiary/aromatic N) is 7. The highest BCUT2D eigenvalue weighted by Crippen LogP contribution is 2.21. The smallest absolute Gasteiger partial charge is 0.254 e. The molecule has 2 aliphatic heterocycles. The molecule has 0 aliphatic carbocycles. The van der Waals surface area contributed by atoms with Gasteiger partial charge >= 0.3 is 0 Å². The third kappa shape index (κ3) is 4.29. The summed E-state index contributed by atoms with van der Waals surface area (Å²) in [7, 11) is 0. The van der Waals surface area contributed by atoms with E-state index < -0.39 is 0 Å². The van der Waals surface area contributed by atoms with Crippen molar-refractivity contribution in [1.29, 1.82) is 0 Å². The SMILES string of the molecule is Cc1cc(N2CCN(C(=O)c3cccc(-n4cccn4)c3)CC2)nc(N2CCOCC2)n1. The number of piperazine rings is 1. The minimum Gasteiger partial charge on any atom is -0.378 e. The maximum atomic E-state index is 13.1. The number of aromatic nitrogens is 4. The van der Waals surface area contributed by atoms with Crippen LogP contribution < -0.4 is 9.80 Å². The van der Waals surface area contributed by atoms with Gasteiger partial charge < -0.3 is 19.4 Å². The van der Waals surface area contributed by atoms with Gasteiger partial charge in [-0.05, 0) is 31.2 Å². The van der Waals surface area contributed by atoms with Crippen LogP contribution in [0.1, 0.15) is 16.1 Å². The van der Waals surface area contributed by atoms with Crippen molar-refractivity contribution in [1.82, 2.24) is 24.6 Å². The zero-order chi connectivity index (χ0) is 21.9. The van der Waals surface area contributed by atoms with Gasteiger partial charge in [0.2, 0.25) is 5.95 Å². The normalized spacial score (nSPS) is 17.0. The van der Waals surface area contributed by atoms with Crippen LogP contribution in [-0.2, 0) is 4.74 Å². The molecule has 32 heavy (non-hydrogen) atoms. The van der Waals surface area contributed by atoms with Gasteiger partial charge in [0.25, 0.3) is 5.91 Å². The average Bonchev–Trinajstić information content (AvgIpc) is 3.39. The van der Waals surface area contributed by atoms with Gasteiger partial charge in [0.1, 0.15) is 5.82 Å². The molecule has 0 spiro atoms. The Balaban J connectivity index is 1.26. The number of benzene rings is 1. The number of aryl methyl sites for hydroxylation is 1. The third-order valence-electron chi connectivity index (χ3n) is 5.88. The summed E-state index contributed by atoms with van der Waals surface area (Å²) in [5.41, 5.74) is 2.51. The summed E-state index contributed by atoms with van der Waals surface area (Å²) < 4.78 is 7.21. The fraction of sp³-hybridized carbons (Fsp3) is 0.391. The Bertz CT molecular complexity index is 1070. The number of carbonyl (C=O) groups is 1. The predicted molar refractivity (Wildman–Crippen MR) is 121 cm³/mol. The van der Waals surface area contributed by atoms with E-state index in [0.29, 0.717) is 31.9 Å². The molecular formula is C23H27N7O2. The van der Waals surface area contributed by atoms with Crippen LogP contribution in [0.5, 0.6) is 0 Å². The van der Waals surface area contributed by atoms with Gasteiger partial charge in [-0.1, -0.05) is 6.07 Å². The number of ether oxygens (including phenoxy) is 1. The second-order valence-electron chi connectivity index (χ2n) is 8.05. The first-order valence-corrected chi connectivity index (χ1v) is 11.0. The Kier molecular flexibility index (Phi) is 5.72. The minimum atomic E-state index is 0.0477. The highest BCUT2D eigenvalue weighted by molar-refractivity contribution is 5.95. The van der Waals surface area contributed by atoms with E-state index in [9.17, 15) is 4.79 Å². The molecule has 1 amide bonds. The molecule has 0 atom stereocenters. The van der Waals surface area contributed by atoms with Crippen molar-refractivity contribution in [2.75, 3.05) is 62.3 Å². The van der Waals surface area contributed by atoms with Gasteiger partial charge in [0.05, 0.1) is 18.9 Å². The number of rotatable bonds is 4. The topological polar surface area (TPSA) is 79.6 Å². The fourth-order valence-corrected chi connectivity index (χ4v) is 4.13. The van der Waals surface area contributed by atoms with Crippen LogP contribution in [-0.4, -0.2) is 83.0 Å². The van der Waals surface area contributed by atoms with E-state index in [1.54, 1.807) is 10.9 Å². The van der Waals surface area contributed by atoms with Crippen LogP contribution in [0.3, 0.4) is 0 Å². The molecule has 0 saturated carbocycles. The molecule has 0 radical (unpaired) electrons. The monoisotopic (exact) mass is 433 g/mol. The molecule has 0 N–H and O–H groups in total. The molecule has 4 heterocycles. The number of hydrogen-bond acceptors (Lipinski definition) is 7. The predicted octanol–water partition coefficient (Wildman–Crippen LogP) is 1.77. The molecule has 0 unspecified atom stereocenters. The quantitative estimate of drug-likeness (QED) is 0.620. The summed E-state index contributed by atoms with van der Waals surface area (Å²) in [4.78, 5) is 28.9. The van der Waals surface area contributed by atoms with Crippen molar-refractivity contribution in [3.8, 4) is 5.69 Å². The van der Waals surface area contributed by atoms with Crippen LogP contribution in [0.2, 0.25) is 0 Å². The molecule has 3 aromatic rings. The van der Waals surface area contributed by atoms with Crippen LogP contribution in [0.25, 0.3) is 5.69 Å². The average molecular weight is 434 g/mol. The Hall–Kier alpha value is -3.46. The number of anilines is 2. The molecular weight excluding hydrogens is 406 g/mol. The highest BCUT2D eigenvalue weighted by atomic mass is 16.5. The van der Waals surface area contributed by atoms with Crippen LogP contribution >= 0.6 is 0 Å². The van der Waals surface area contributed by atoms with E-state index in [-0.39, 0.29) is 5.91 Å². The molecule has 2 aromatic heterocycles. The first-order valence-electron chi connectivity index (χ1n) is 11.0. The van der Waals surface area contributed by atoms with Gasteiger partial charge in [0, 0.05) is 69.0 Å². The van der Waals surface area contributed by atoms with E-state index in [1.807, 2.05) is 54.4 Å². The van der Waals surface area contributed by atoms with Gasteiger partial charge in [-0.15, -0.1) is 0 Å². The molecule has 1 aromatic carbocycles. The molecule has 9 nitrogen and oxygen atoms in total. The largest absolute Gasteiger partial charge is 0.378 e. The molecule has 2 aliphatic rings. The van der Waals surface area contributed by atoms with E-state index >= 15 is 0 Å². The van der Waals surface area contributed by atoms with E-state index in [1.165, 1.54) is 0 Å². The van der Waals surface area contributed by atoms with Crippen molar-refractivity contribution < 1.29 is 9.53 Å². The minimum absolute atomic E-state index is 0.0477. The number of amides is 1. The number of carbonyl (C=O) groups excluding carboxylic acids is 1. The second kappa shape index (κ2) is 8.96. The molecule has 166 valence electrons. The van der Waals surface area contributed by atoms with E-state index in [4.69, 9.17) is 9.72 Å². The second-order valence-corrected chi connectivity index (χ2v) is 8.05. The Morgan fingerprint density at radius 1 is 0.938 bits per heavy atom. The van der Waals surface area contributed by atoms with Crippen molar-refractivity contribution in [2.45, 2.75) is 6.92 Å². The molecule has 2 saturated heterocycles. The lowest BCUT2D eigenvalue weighted by Gasteiger charge is -2.36. The molecule has 9 heteroatoms. The van der Waals surface area contributed by atoms with Crippen LogP contribution in [0.15, 0.2) is 48.8 Å². The maximum Gasteiger partial charge on any atom is 0.254 e. The molecule has 2 fully saturated rings. The Morgan fingerprint density at radius 3 is 2.50 bits per heavy atom. The summed E-state index contributed by atoms with van der Waals surface area (Å²) in [5.74, 6) is 1.73. The van der Waals surface area contributed by atoms with Gasteiger partial charge in [0.15, 0.2) is 0 Å². The summed E-state index contributed by atoms with van der Waals surface area (Å²) >= 11 is 0.